The second kappa shape index (κ2) is 7.25. The Hall–Kier alpha value is -0.835. The number of thioether (sulfide) groups is 1. The summed E-state index contributed by atoms with van der Waals surface area (Å²) >= 11 is 12.4. The molecule has 0 saturated carbocycles. The topological polar surface area (TPSA) is 36.1 Å². The molecule has 0 bridgehead atoms. The van der Waals surface area contributed by atoms with Gasteiger partial charge in [-0.2, -0.15) is 18.4 Å². The van der Waals surface area contributed by atoms with E-state index in [1.807, 2.05) is 6.07 Å². The van der Waals surface area contributed by atoms with Crippen LogP contribution in [0, 0.1) is 11.3 Å². The van der Waals surface area contributed by atoms with Gasteiger partial charge in [-0.05, 0) is 17.7 Å². The molecule has 0 aliphatic heterocycles. The van der Waals surface area contributed by atoms with Gasteiger partial charge in [-0.15, -0.1) is 11.8 Å². The van der Waals surface area contributed by atoms with Gasteiger partial charge in [0.15, 0.2) is 7.85 Å². The van der Waals surface area contributed by atoms with Gasteiger partial charge in [0.1, 0.15) is 0 Å². The van der Waals surface area contributed by atoms with E-state index in [-0.39, 0.29) is 21.4 Å². The van der Waals surface area contributed by atoms with Gasteiger partial charge in [-0.25, -0.2) is 0 Å². The molecule has 106 valence electrons. The quantitative estimate of drug-likeness (QED) is 0.468. The van der Waals surface area contributed by atoms with Gasteiger partial charge in [0.25, 0.3) is 0 Å². The summed E-state index contributed by atoms with van der Waals surface area (Å²) in [6, 6.07) is 4.66. The standard InChI is InChI=1S/C11H8BCl2F3N2S/c12-10(1-2-18)19-8-4-9(7(14)3-6(8)13)20-5-11(15,16)17/h3-4H,1,5,12H2/b19-10-. The minimum absolute atomic E-state index is 0.115. The molecule has 1 rings (SSSR count). The highest BCUT2D eigenvalue weighted by Crippen LogP contribution is 2.38. The Morgan fingerprint density at radius 2 is 2.00 bits per heavy atom. The Morgan fingerprint density at radius 1 is 1.35 bits per heavy atom. The lowest BCUT2D eigenvalue weighted by atomic mass is 9.98. The molecule has 0 spiro atoms. The third-order valence-electron chi connectivity index (χ3n) is 2.04. The van der Waals surface area contributed by atoms with Crippen molar-refractivity contribution in [2.45, 2.75) is 17.5 Å². The molecular weight excluding hydrogens is 331 g/mol. The van der Waals surface area contributed by atoms with Gasteiger partial charge in [0.2, 0.25) is 0 Å². The maximum Gasteiger partial charge on any atom is 0.398 e. The highest BCUT2D eigenvalue weighted by Gasteiger charge is 2.27. The maximum absolute atomic E-state index is 12.2. The van der Waals surface area contributed by atoms with Crippen LogP contribution < -0.4 is 0 Å². The molecule has 0 aliphatic rings. The number of aliphatic imine (C=N–C) groups is 1. The summed E-state index contributed by atoms with van der Waals surface area (Å²) in [5.41, 5.74) is 0.817. The molecule has 1 aromatic carbocycles. The third-order valence-corrected chi connectivity index (χ3v) is 3.89. The van der Waals surface area contributed by atoms with Crippen molar-refractivity contribution in [3.63, 3.8) is 0 Å². The molecule has 0 N–H and O–H groups in total. The van der Waals surface area contributed by atoms with Crippen LogP contribution in [0.25, 0.3) is 0 Å². The molecule has 0 amide bonds. The predicted octanol–water partition coefficient (Wildman–Crippen LogP) is 4.22. The van der Waals surface area contributed by atoms with Gasteiger partial charge in [0.05, 0.1) is 34.0 Å². The van der Waals surface area contributed by atoms with Crippen LogP contribution in [-0.2, 0) is 0 Å². The van der Waals surface area contributed by atoms with Gasteiger partial charge >= 0.3 is 6.18 Å². The van der Waals surface area contributed by atoms with E-state index in [9.17, 15) is 13.2 Å². The van der Waals surface area contributed by atoms with Crippen LogP contribution in [0.4, 0.5) is 18.9 Å². The monoisotopic (exact) mass is 338 g/mol. The summed E-state index contributed by atoms with van der Waals surface area (Å²) < 4.78 is 36.6. The van der Waals surface area contributed by atoms with E-state index >= 15 is 0 Å². The lowest BCUT2D eigenvalue weighted by molar-refractivity contribution is -0.105. The number of alkyl halides is 3. The Morgan fingerprint density at radius 3 is 2.55 bits per heavy atom. The fraction of sp³-hybridized carbons (Fsp3) is 0.273. The first-order valence-corrected chi connectivity index (χ1v) is 7.07. The molecule has 0 radical (unpaired) electrons. The van der Waals surface area contributed by atoms with Crippen LogP contribution in [0.15, 0.2) is 22.0 Å². The van der Waals surface area contributed by atoms with E-state index in [0.717, 1.165) is 0 Å². The second-order valence-corrected chi connectivity index (χ2v) is 5.65. The summed E-state index contributed by atoms with van der Waals surface area (Å²) in [4.78, 5) is 4.35. The molecule has 0 aliphatic carbocycles. The Labute approximate surface area is 129 Å². The number of halogens is 5. The minimum Gasteiger partial charge on any atom is -0.266 e. The van der Waals surface area contributed by atoms with Crippen molar-refractivity contribution in [1.29, 1.82) is 5.26 Å². The molecule has 2 nitrogen and oxygen atoms in total. The van der Waals surface area contributed by atoms with Gasteiger partial charge in [-0.1, -0.05) is 23.2 Å². The van der Waals surface area contributed by atoms with Crippen molar-refractivity contribution in [2.24, 2.45) is 4.99 Å². The summed E-state index contributed by atoms with van der Waals surface area (Å²) in [5.74, 6) is -1.05. The average molecular weight is 339 g/mol. The zero-order valence-corrected chi connectivity index (χ0v) is 12.6. The van der Waals surface area contributed by atoms with Crippen LogP contribution >= 0.6 is 35.0 Å². The summed E-state index contributed by atoms with van der Waals surface area (Å²) in [6.07, 6.45) is -4.17. The highest BCUT2D eigenvalue weighted by atomic mass is 35.5. The zero-order chi connectivity index (χ0) is 15.3. The SMILES string of the molecule is B/C(CC#N)=N\c1cc(SCC(F)(F)F)c(Cl)cc1Cl. The molecule has 20 heavy (non-hydrogen) atoms. The van der Waals surface area contributed by atoms with Crippen LogP contribution in [-0.4, -0.2) is 25.4 Å². The number of hydrogen-bond donors (Lipinski definition) is 0. The number of hydrogen-bond acceptors (Lipinski definition) is 3. The van der Waals surface area contributed by atoms with Crippen LogP contribution in [0.2, 0.25) is 10.0 Å². The summed E-state index contributed by atoms with van der Waals surface area (Å²) in [6.45, 7) is 0. The molecule has 0 atom stereocenters. The first-order chi connectivity index (χ1) is 9.23. The van der Waals surface area contributed by atoms with Crippen molar-refractivity contribution in [1.82, 2.24) is 0 Å². The lowest BCUT2D eigenvalue weighted by Gasteiger charge is -2.09. The Bertz CT molecular complexity index is 570. The van der Waals surface area contributed by atoms with E-state index in [4.69, 9.17) is 28.5 Å². The Kier molecular flexibility index (Phi) is 6.24. The normalized spacial score (nSPS) is 12.3. The van der Waals surface area contributed by atoms with Gasteiger partial charge < -0.3 is 0 Å². The summed E-state index contributed by atoms with van der Waals surface area (Å²) in [5, 5.41) is 8.91. The number of nitriles is 1. The number of benzene rings is 1. The van der Waals surface area contributed by atoms with Crippen molar-refractivity contribution in [3.8, 4) is 6.07 Å². The van der Waals surface area contributed by atoms with E-state index in [1.54, 1.807) is 7.85 Å². The first-order valence-electron chi connectivity index (χ1n) is 5.32. The van der Waals surface area contributed by atoms with Crippen molar-refractivity contribution in [2.75, 3.05) is 5.75 Å². The van der Waals surface area contributed by atoms with Crippen molar-refractivity contribution >= 4 is 54.1 Å². The molecule has 0 unspecified atom stereocenters. The lowest BCUT2D eigenvalue weighted by Crippen LogP contribution is -2.10. The van der Waals surface area contributed by atoms with Crippen LogP contribution in [0.3, 0.4) is 0 Å². The first kappa shape index (κ1) is 17.2. The average Bonchev–Trinajstić information content (AvgIpc) is 2.30. The maximum atomic E-state index is 12.2. The van der Waals surface area contributed by atoms with Crippen molar-refractivity contribution in [3.05, 3.63) is 22.2 Å². The van der Waals surface area contributed by atoms with Gasteiger partial charge in [0, 0.05) is 4.90 Å². The smallest absolute Gasteiger partial charge is 0.266 e. The van der Waals surface area contributed by atoms with Crippen LogP contribution in [0.1, 0.15) is 6.42 Å². The highest BCUT2D eigenvalue weighted by molar-refractivity contribution is 7.99. The third kappa shape index (κ3) is 5.65. The molecule has 0 aromatic heterocycles. The fourth-order valence-electron chi connectivity index (χ4n) is 1.23. The van der Waals surface area contributed by atoms with E-state index in [1.165, 1.54) is 12.1 Å². The van der Waals surface area contributed by atoms with Crippen LogP contribution in [0.5, 0.6) is 0 Å². The fourth-order valence-corrected chi connectivity index (χ4v) is 2.53. The van der Waals surface area contributed by atoms with Crippen molar-refractivity contribution < 1.29 is 13.2 Å². The van der Waals surface area contributed by atoms with Gasteiger partial charge in [-0.3, -0.25) is 4.99 Å². The Balaban J connectivity index is 3.04. The van der Waals surface area contributed by atoms with E-state index in [0.29, 0.717) is 23.1 Å². The zero-order valence-electron chi connectivity index (χ0n) is 10.3. The number of nitrogens with zero attached hydrogens (tertiary/aromatic N) is 2. The molecule has 0 heterocycles. The molecular formula is C11H8BCl2F3N2S. The second-order valence-electron chi connectivity index (χ2n) is 3.82. The molecule has 0 saturated heterocycles. The minimum atomic E-state index is -4.28. The molecule has 1 aromatic rings. The summed E-state index contributed by atoms with van der Waals surface area (Å²) in [7, 11) is 1.64. The van der Waals surface area contributed by atoms with E-state index in [2.05, 4.69) is 4.99 Å². The number of rotatable bonds is 4. The van der Waals surface area contributed by atoms with E-state index < -0.39 is 11.9 Å². The predicted molar refractivity (Wildman–Crippen MR) is 79.1 cm³/mol. The molecule has 9 heteroatoms. The molecule has 0 fully saturated rings. The largest absolute Gasteiger partial charge is 0.398 e.